The van der Waals surface area contributed by atoms with Crippen molar-refractivity contribution in [1.82, 2.24) is 15.0 Å². The Kier molecular flexibility index (Phi) is 5.06. The molecule has 0 spiro atoms. The summed E-state index contributed by atoms with van der Waals surface area (Å²) < 4.78 is 0. The smallest absolute Gasteiger partial charge is 0.322 e. The number of nitrogens with one attached hydrogen (secondary N) is 1. The lowest BCUT2D eigenvalue weighted by molar-refractivity contribution is -0.134. The van der Waals surface area contributed by atoms with Crippen molar-refractivity contribution in [1.29, 1.82) is 0 Å². The molecule has 1 heterocycles. The van der Waals surface area contributed by atoms with Crippen LogP contribution >= 0.6 is 11.6 Å². The van der Waals surface area contributed by atoms with Crippen LogP contribution in [0.4, 0.5) is 23.3 Å². The van der Waals surface area contributed by atoms with Crippen LogP contribution in [0.3, 0.4) is 0 Å². The van der Waals surface area contributed by atoms with E-state index in [-0.39, 0.29) is 23.7 Å². The molecule has 3 rings (SSSR count). The van der Waals surface area contributed by atoms with E-state index in [4.69, 9.17) is 16.7 Å². The number of carbonyl (C=O) groups is 1. The summed E-state index contributed by atoms with van der Waals surface area (Å²) in [7, 11) is 0. The van der Waals surface area contributed by atoms with Gasteiger partial charge in [-0.3, -0.25) is 9.69 Å². The Hall–Kier alpha value is -3.19. The average molecular weight is 356 g/mol. The van der Waals surface area contributed by atoms with Crippen LogP contribution in [0.1, 0.15) is 0 Å². The second kappa shape index (κ2) is 7.59. The molecule has 0 radical (unpaired) electrons. The fraction of sp³-hybridized carbons (Fsp3) is 0.0588. The number of carboxylic acids is 1. The highest BCUT2D eigenvalue weighted by molar-refractivity contribution is 6.28. The van der Waals surface area contributed by atoms with Crippen LogP contribution in [0.5, 0.6) is 0 Å². The molecule has 0 saturated heterocycles. The zero-order chi connectivity index (χ0) is 17.6. The van der Waals surface area contributed by atoms with Crippen molar-refractivity contribution in [2.24, 2.45) is 0 Å². The Morgan fingerprint density at radius 2 is 1.52 bits per heavy atom. The van der Waals surface area contributed by atoms with Gasteiger partial charge in [-0.1, -0.05) is 36.4 Å². The zero-order valence-corrected chi connectivity index (χ0v) is 13.8. The summed E-state index contributed by atoms with van der Waals surface area (Å²) in [6.07, 6.45) is 0. The molecule has 0 bridgehead atoms. The minimum Gasteiger partial charge on any atom is -0.480 e. The van der Waals surface area contributed by atoms with Gasteiger partial charge in [-0.25, -0.2) is 0 Å². The molecule has 0 saturated carbocycles. The van der Waals surface area contributed by atoms with E-state index >= 15 is 0 Å². The summed E-state index contributed by atoms with van der Waals surface area (Å²) in [5.41, 5.74) is 1.67. The Labute approximate surface area is 149 Å². The third-order valence-electron chi connectivity index (χ3n) is 3.22. The van der Waals surface area contributed by atoms with Gasteiger partial charge in [0.15, 0.2) is 0 Å². The van der Waals surface area contributed by atoms with E-state index < -0.39 is 5.97 Å². The van der Waals surface area contributed by atoms with E-state index in [0.717, 1.165) is 11.4 Å². The highest BCUT2D eigenvalue weighted by Gasteiger charge is 2.17. The number of benzene rings is 2. The number of para-hydroxylation sites is 2. The van der Waals surface area contributed by atoms with Crippen LogP contribution in [0, 0.1) is 0 Å². The molecule has 0 atom stereocenters. The lowest BCUT2D eigenvalue weighted by Crippen LogP contribution is -2.18. The number of carboxylic acid groups (broad SMARTS) is 1. The lowest BCUT2D eigenvalue weighted by atomic mass is 10.2. The van der Waals surface area contributed by atoms with Gasteiger partial charge in [-0.2, -0.15) is 15.0 Å². The minimum absolute atomic E-state index is 0.0326. The second-order valence-electron chi connectivity index (χ2n) is 4.98. The van der Waals surface area contributed by atoms with Crippen molar-refractivity contribution >= 4 is 40.8 Å². The van der Waals surface area contributed by atoms with Crippen LogP contribution in [0.25, 0.3) is 0 Å². The summed E-state index contributed by atoms with van der Waals surface area (Å²) >= 11 is 6.01. The summed E-state index contributed by atoms with van der Waals surface area (Å²) in [6.45, 7) is -0.323. The van der Waals surface area contributed by atoms with E-state index in [9.17, 15) is 4.79 Å². The first-order valence-corrected chi connectivity index (χ1v) is 7.79. The third kappa shape index (κ3) is 4.21. The van der Waals surface area contributed by atoms with Gasteiger partial charge in [0.25, 0.3) is 0 Å². The first kappa shape index (κ1) is 16.7. The van der Waals surface area contributed by atoms with E-state index in [1.165, 1.54) is 0 Å². The number of hydrogen-bond acceptors (Lipinski definition) is 6. The van der Waals surface area contributed by atoms with Crippen LogP contribution in [-0.2, 0) is 4.79 Å². The maximum Gasteiger partial charge on any atom is 0.322 e. The molecule has 2 N–H and O–H groups in total. The number of halogens is 1. The molecular weight excluding hydrogens is 342 g/mol. The van der Waals surface area contributed by atoms with Crippen molar-refractivity contribution in [2.75, 3.05) is 16.8 Å². The fourth-order valence-corrected chi connectivity index (χ4v) is 2.36. The Morgan fingerprint density at radius 1 is 0.960 bits per heavy atom. The third-order valence-corrected chi connectivity index (χ3v) is 3.39. The van der Waals surface area contributed by atoms with E-state index in [1.54, 1.807) is 4.90 Å². The molecule has 0 fully saturated rings. The number of nitrogens with zero attached hydrogens (tertiary/aromatic N) is 4. The molecule has 0 aliphatic heterocycles. The summed E-state index contributed by atoms with van der Waals surface area (Å²) in [4.78, 5) is 25.0. The van der Waals surface area contributed by atoms with Gasteiger partial charge in [0.05, 0.1) is 0 Å². The predicted molar refractivity (Wildman–Crippen MR) is 95.6 cm³/mol. The maximum atomic E-state index is 10.7. The molecule has 1 aromatic heterocycles. The SMILES string of the molecule is O=C(O)CNc1nc(Cl)nc(N(c2ccccc2)c2ccccc2)n1. The van der Waals surface area contributed by atoms with E-state index in [0.29, 0.717) is 0 Å². The predicted octanol–water partition coefficient (Wildman–Crippen LogP) is 3.49. The molecule has 25 heavy (non-hydrogen) atoms. The van der Waals surface area contributed by atoms with E-state index in [1.807, 2.05) is 60.7 Å². The topological polar surface area (TPSA) is 91.2 Å². The fourth-order valence-electron chi connectivity index (χ4n) is 2.21. The molecule has 3 aromatic rings. The first-order valence-electron chi connectivity index (χ1n) is 7.41. The molecular formula is C17H14ClN5O2. The van der Waals surface area contributed by atoms with E-state index in [2.05, 4.69) is 20.3 Å². The molecule has 126 valence electrons. The van der Waals surface area contributed by atoms with Gasteiger partial charge in [-0.15, -0.1) is 0 Å². The largest absolute Gasteiger partial charge is 0.480 e. The molecule has 7 nitrogen and oxygen atoms in total. The normalized spacial score (nSPS) is 10.3. The summed E-state index contributed by atoms with van der Waals surface area (Å²) in [5, 5.41) is 11.4. The van der Waals surface area contributed by atoms with Crippen molar-refractivity contribution < 1.29 is 9.90 Å². The maximum absolute atomic E-state index is 10.7. The lowest BCUT2D eigenvalue weighted by Gasteiger charge is -2.23. The van der Waals surface area contributed by atoms with Crippen molar-refractivity contribution in [3.05, 3.63) is 65.9 Å². The molecule has 0 unspecified atom stereocenters. The van der Waals surface area contributed by atoms with Crippen LogP contribution in [0.2, 0.25) is 5.28 Å². The van der Waals surface area contributed by atoms with Crippen molar-refractivity contribution in [3.63, 3.8) is 0 Å². The average Bonchev–Trinajstić information content (AvgIpc) is 2.62. The second-order valence-corrected chi connectivity index (χ2v) is 5.32. The van der Waals surface area contributed by atoms with Crippen molar-refractivity contribution in [2.45, 2.75) is 0 Å². The first-order chi connectivity index (χ1) is 12.1. The molecule has 2 aromatic carbocycles. The Balaban J connectivity index is 2.06. The summed E-state index contributed by atoms with van der Waals surface area (Å²) in [5.74, 6) is -0.652. The van der Waals surface area contributed by atoms with Gasteiger partial charge in [0.1, 0.15) is 6.54 Å². The van der Waals surface area contributed by atoms with Crippen molar-refractivity contribution in [3.8, 4) is 0 Å². The standard InChI is InChI=1S/C17H14ClN5O2/c18-15-20-16(19-11-14(24)25)22-17(21-15)23(12-7-3-1-4-8-12)13-9-5-2-6-10-13/h1-10H,11H2,(H,24,25)(H,19,20,21,22). The van der Waals surface area contributed by atoms with Gasteiger partial charge in [-0.05, 0) is 35.9 Å². The highest BCUT2D eigenvalue weighted by Crippen LogP contribution is 2.32. The minimum atomic E-state index is -1.03. The monoisotopic (exact) mass is 355 g/mol. The van der Waals surface area contributed by atoms with Crippen LogP contribution in [-0.4, -0.2) is 32.6 Å². The Morgan fingerprint density at radius 3 is 2.04 bits per heavy atom. The zero-order valence-electron chi connectivity index (χ0n) is 13.0. The van der Waals surface area contributed by atoms with Gasteiger partial charge >= 0.3 is 5.97 Å². The molecule has 0 amide bonds. The molecule has 8 heteroatoms. The number of rotatable bonds is 6. The Bertz CT molecular complexity index is 822. The summed E-state index contributed by atoms with van der Waals surface area (Å²) in [6, 6.07) is 19.1. The number of hydrogen-bond donors (Lipinski definition) is 2. The van der Waals surface area contributed by atoms with Crippen LogP contribution < -0.4 is 10.2 Å². The molecule has 0 aliphatic rings. The van der Waals surface area contributed by atoms with Crippen LogP contribution in [0.15, 0.2) is 60.7 Å². The van der Waals surface area contributed by atoms with Gasteiger partial charge in [0, 0.05) is 11.4 Å². The van der Waals surface area contributed by atoms with Gasteiger partial charge in [0.2, 0.25) is 17.2 Å². The number of aromatic nitrogens is 3. The highest BCUT2D eigenvalue weighted by atomic mass is 35.5. The molecule has 0 aliphatic carbocycles. The number of anilines is 4. The quantitative estimate of drug-likeness (QED) is 0.699. The van der Waals surface area contributed by atoms with Gasteiger partial charge < -0.3 is 10.4 Å². The number of aliphatic carboxylic acids is 1.